The normalized spacial score (nSPS) is 10.8. The summed E-state index contributed by atoms with van der Waals surface area (Å²) in [5.41, 5.74) is 3.67. The maximum absolute atomic E-state index is 12.7. The third-order valence-electron chi connectivity index (χ3n) is 5.03. The van der Waals surface area contributed by atoms with Gasteiger partial charge in [0.1, 0.15) is 0 Å². The Morgan fingerprint density at radius 2 is 1.70 bits per heavy atom. The van der Waals surface area contributed by atoms with E-state index in [0.717, 1.165) is 16.7 Å². The highest BCUT2D eigenvalue weighted by Crippen LogP contribution is 2.27. The van der Waals surface area contributed by atoms with E-state index in [1.165, 1.54) is 0 Å². The Labute approximate surface area is 200 Å². The minimum absolute atomic E-state index is 0.158. The molecule has 3 aromatic carbocycles. The second kappa shape index (κ2) is 9.57. The fourth-order valence-electron chi connectivity index (χ4n) is 3.28. The van der Waals surface area contributed by atoms with Gasteiger partial charge in [0, 0.05) is 21.2 Å². The molecular weight excluding hydrogens is 461 g/mol. The highest BCUT2D eigenvalue weighted by atomic mass is 35.5. The van der Waals surface area contributed by atoms with Crippen molar-refractivity contribution in [2.75, 3.05) is 6.61 Å². The number of ketones is 1. The summed E-state index contributed by atoms with van der Waals surface area (Å²) in [6, 6.07) is 19.5. The number of carbonyl (C=O) groups excluding carboxylic acids is 2. The molecule has 1 heterocycles. The number of halogens is 2. The average Bonchev–Trinajstić information content (AvgIpc) is 3.25. The molecule has 6 nitrogen and oxygen atoms in total. The van der Waals surface area contributed by atoms with Crippen molar-refractivity contribution in [3.63, 3.8) is 0 Å². The van der Waals surface area contributed by atoms with Crippen molar-refractivity contribution in [3.05, 3.63) is 99.3 Å². The van der Waals surface area contributed by atoms with Crippen LogP contribution in [0.2, 0.25) is 10.0 Å². The van der Waals surface area contributed by atoms with Crippen LogP contribution in [0.4, 0.5) is 0 Å². The summed E-state index contributed by atoms with van der Waals surface area (Å²) in [6.07, 6.45) is 0. The zero-order valence-corrected chi connectivity index (χ0v) is 19.4. The standard InChI is InChI=1S/C25H19Cl2N3O3/c1-15-5-3-6-18(13-15)24-28-23(29-30(24)21-8-4-7-20(27)16(21)2)25(32)33-14-22(31)17-9-11-19(26)12-10-17/h3-13H,14H2,1-2H3. The molecule has 0 N–H and O–H groups in total. The molecule has 4 rings (SSSR count). The van der Waals surface area contributed by atoms with Crippen LogP contribution in [0.15, 0.2) is 66.7 Å². The van der Waals surface area contributed by atoms with E-state index in [1.807, 2.05) is 44.2 Å². The zero-order chi connectivity index (χ0) is 23.5. The van der Waals surface area contributed by atoms with Crippen LogP contribution in [0.25, 0.3) is 17.1 Å². The molecule has 0 saturated heterocycles. The van der Waals surface area contributed by atoms with E-state index in [-0.39, 0.29) is 11.6 Å². The molecule has 0 bridgehead atoms. The average molecular weight is 480 g/mol. The van der Waals surface area contributed by atoms with E-state index >= 15 is 0 Å². The summed E-state index contributed by atoms with van der Waals surface area (Å²) in [5, 5.41) is 5.47. The molecule has 0 spiro atoms. The number of ether oxygens (including phenoxy) is 1. The van der Waals surface area contributed by atoms with Gasteiger partial charge in [0.05, 0.1) is 5.69 Å². The maximum atomic E-state index is 12.7. The Balaban J connectivity index is 1.66. The van der Waals surface area contributed by atoms with Gasteiger partial charge in [-0.15, -0.1) is 5.10 Å². The van der Waals surface area contributed by atoms with Gasteiger partial charge >= 0.3 is 5.97 Å². The first kappa shape index (κ1) is 22.7. The first-order valence-electron chi connectivity index (χ1n) is 10.1. The van der Waals surface area contributed by atoms with Crippen molar-refractivity contribution < 1.29 is 14.3 Å². The number of benzene rings is 3. The summed E-state index contributed by atoms with van der Waals surface area (Å²) < 4.78 is 6.77. The van der Waals surface area contributed by atoms with Crippen molar-refractivity contribution in [2.45, 2.75) is 13.8 Å². The van der Waals surface area contributed by atoms with E-state index < -0.39 is 12.6 Å². The number of aromatic nitrogens is 3. The van der Waals surface area contributed by atoms with Gasteiger partial charge in [-0.05, 0) is 61.9 Å². The van der Waals surface area contributed by atoms with Crippen molar-refractivity contribution in [1.82, 2.24) is 14.8 Å². The molecule has 0 atom stereocenters. The summed E-state index contributed by atoms with van der Waals surface area (Å²) in [7, 11) is 0. The summed E-state index contributed by atoms with van der Waals surface area (Å²) in [5.74, 6) is -0.858. The molecule has 1 aromatic heterocycles. The van der Waals surface area contributed by atoms with Crippen LogP contribution in [0, 0.1) is 13.8 Å². The van der Waals surface area contributed by atoms with Crippen LogP contribution >= 0.6 is 23.2 Å². The lowest BCUT2D eigenvalue weighted by molar-refractivity contribution is 0.0462. The summed E-state index contributed by atoms with van der Waals surface area (Å²) >= 11 is 12.2. The number of hydrogen-bond acceptors (Lipinski definition) is 5. The third-order valence-corrected chi connectivity index (χ3v) is 5.70. The van der Waals surface area contributed by atoms with Crippen LogP contribution in [-0.2, 0) is 4.74 Å². The van der Waals surface area contributed by atoms with Gasteiger partial charge in [0.2, 0.25) is 0 Å². The monoisotopic (exact) mass is 479 g/mol. The van der Waals surface area contributed by atoms with E-state index in [0.29, 0.717) is 27.1 Å². The van der Waals surface area contributed by atoms with Gasteiger partial charge in [0.15, 0.2) is 18.2 Å². The fourth-order valence-corrected chi connectivity index (χ4v) is 3.57. The largest absolute Gasteiger partial charge is 0.451 e. The van der Waals surface area contributed by atoms with Gasteiger partial charge in [-0.25, -0.2) is 14.5 Å². The second-order valence-corrected chi connectivity index (χ2v) is 8.27. The molecule has 0 saturated carbocycles. The number of rotatable bonds is 6. The molecule has 0 aliphatic heterocycles. The highest BCUT2D eigenvalue weighted by Gasteiger charge is 2.22. The second-order valence-electron chi connectivity index (χ2n) is 7.43. The molecule has 0 unspecified atom stereocenters. The fraction of sp³-hybridized carbons (Fsp3) is 0.120. The lowest BCUT2D eigenvalue weighted by Gasteiger charge is -2.10. The summed E-state index contributed by atoms with van der Waals surface area (Å²) in [6.45, 7) is 3.39. The molecule has 166 valence electrons. The molecule has 0 aliphatic rings. The lowest BCUT2D eigenvalue weighted by Crippen LogP contribution is -2.15. The smallest absolute Gasteiger partial charge is 0.378 e. The SMILES string of the molecule is Cc1cccc(-c2nc(C(=O)OCC(=O)c3ccc(Cl)cc3)nn2-c2cccc(Cl)c2C)c1. The third kappa shape index (κ3) is 4.97. The Morgan fingerprint density at radius 1 is 0.970 bits per heavy atom. The van der Waals surface area contributed by atoms with Gasteiger partial charge in [-0.3, -0.25) is 4.79 Å². The Bertz CT molecular complexity index is 1350. The minimum atomic E-state index is -0.801. The first-order valence-corrected chi connectivity index (χ1v) is 10.8. The number of nitrogens with zero attached hydrogens (tertiary/aromatic N) is 3. The van der Waals surface area contributed by atoms with Crippen LogP contribution in [0.1, 0.15) is 32.1 Å². The Morgan fingerprint density at radius 3 is 2.42 bits per heavy atom. The predicted molar refractivity (Wildman–Crippen MR) is 127 cm³/mol. The van der Waals surface area contributed by atoms with Crippen molar-refractivity contribution in [2.24, 2.45) is 0 Å². The van der Waals surface area contributed by atoms with Gasteiger partial charge in [0.25, 0.3) is 5.82 Å². The molecule has 8 heteroatoms. The first-order chi connectivity index (χ1) is 15.8. The molecule has 0 fully saturated rings. The predicted octanol–water partition coefficient (Wildman–Crippen LogP) is 5.90. The zero-order valence-electron chi connectivity index (χ0n) is 17.9. The van der Waals surface area contributed by atoms with Crippen molar-refractivity contribution >= 4 is 35.0 Å². The number of Topliss-reactive ketones (excluding diaryl/α,β-unsaturated/α-hetero) is 1. The van der Waals surface area contributed by atoms with Crippen molar-refractivity contribution in [3.8, 4) is 17.1 Å². The maximum Gasteiger partial charge on any atom is 0.378 e. The minimum Gasteiger partial charge on any atom is -0.451 e. The summed E-state index contributed by atoms with van der Waals surface area (Å²) in [4.78, 5) is 29.5. The molecular formula is C25H19Cl2N3O3. The Hall–Kier alpha value is -3.48. The molecule has 0 radical (unpaired) electrons. The molecule has 33 heavy (non-hydrogen) atoms. The molecule has 4 aromatic rings. The van der Waals surface area contributed by atoms with E-state index in [1.54, 1.807) is 41.1 Å². The van der Waals surface area contributed by atoms with Crippen molar-refractivity contribution in [1.29, 1.82) is 0 Å². The Kier molecular flexibility index (Phi) is 6.58. The van der Waals surface area contributed by atoms with E-state index in [9.17, 15) is 9.59 Å². The number of hydrogen-bond donors (Lipinski definition) is 0. The highest BCUT2D eigenvalue weighted by molar-refractivity contribution is 6.31. The van der Waals surface area contributed by atoms with Crippen LogP contribution in [-0.4, -0.2) is 33.1 Å². The van der Waals surface area contributed by atoms with Crippen LogP contribution in [0.5, 0.6) is 0 Å². The topological polar surface area (TPSA) is 74.1 Å². The van der Waals surface area contributed by atoms with E-state index in [2.05, 4.69) is 10.1 Å². The number of esters is 1. The van der Waals surface area contributed by atoms with Gasteiger partial charge < -0.3 is 4.74 Å². The molecule has 0 amide bonds. The lowest BCUT2D eigenvalue weighted by atomic mass is 10.1. The molecule has 0 aliphatic carbocycles. The number of carbonyl (C=O) groups is 2. The van der Waals surface area contributed by atoms with Gasteiger partial charge in [-0.1, -0.05) is 53.0 Å². The van der Waals surface area contributed by atoms with Crippen LogP contribution in [0.3, 0.4) is 0 Å². The number of aryl methyl sites for hydroxylation is 1. The quantitative estimate of drug-likeness (QED) is 0.254. The van der Waals surface area contributed by atoms with Gasteiger partial charge in [-0.2, -0.15) is 0 Å². The van der Waals surface area contributed by atoms with E-state index in [4.69, 9.17) is 27.9 Å². The van der Waals surface area contributed by atoms with Crippen LogP contribution < -0.4 is 0 Å².